The lowest BCUT2D eigenvalue weighted by atomic mass is 10.1. The molecule has 1 aliphatic rings. The minimum absolute atomic E-state index is 0.00540. The van der Waals surface area contributed by atoms with Gasteiger partial charge in [-0.25, -0.2) is 4.98 Å². The molecule has 2 aromatic rings. The van der Waals surface area contributed by atoms with E-state index in [1.54, 1.807) is 13.2 Å². The van der Waals surface area contributed by atoms with Gasteiger partial charge in [-0.1, -0.05) is 12.1 Å². The number of benzene rings is 1. The van der Waals surface area contributed by atoms with Crippen LogP contribution in [0.2, 0.25) is 0 Å². The molecular weight excluding hydrogens is 342 g/mol. The SMILES string of the molecule is COc1ccc(/C=C/C(=O)N2CCC[C@H](Oc3cc(C)nc(C)n3)C2)cc1. The summed E-state index contributed by atoms with van der Waals surface area (Å²) in [6.07, 6.45) is 5.21. The van der Waals surface area contributed by atoms with Crippen molar-refractivity contribution in [2.45, 2.75) is 32.8 Å². The molecule has 1 aromatic heterocycles. The summed E-state index contributed by atoms with van der Waals surface area (Å²) < 4.78 is 11.1. The minimum Gasteiger partial charge on any atom is -0.497 e. The highest BCUT2D eigenvalue weighted by molar-refractivity contribution is 5.91. The molecule has 1 saturated heterocycles. The van der Waals surface area contributed by atoms with Crippen LogP contribution in [0.15, 0.2) is 36.4 Å². The topological polar surface area (TPSA) is 64.5 Å². The lowest BCUT2D eigenvalue weighted by Gasteiger charge is -2.32. The van der Waals surface area contributed by atoms with Gasteiger partial charge in [0.2, 0.25) is 11.8 Å². The average molecular weight is 367 g/mol. The molecule has 1 fully saturated rings. The van der Waals surface area contributed by atoms with E-state index in [9.17, 15) is 4.79 Å². The molecular formula is C21H25N3O3. The Morgan fingerprint density at radius 2 is 2.00 bits per heavy atom. The van der Waals surface area contributed by atoms with Gasteiger partial charge >= 0.3 is 0 Å². The van der Waals surface area contributed by atoms with E-state index in [4.69, 9.17) is 9.47 Å². The molecule has 6 nitrogen and oxygen atoms in total. The zero-order valence-electron chi connectivity index (χ0n) is 16.0. The number of amides is 1. The molecule has 2 heterocycles. The third-order valence-corrected chi connectivity index (χ3v) is 4.45. The van der Waals surface area contributed by atoms with Gasteiger partial charge in [-0.3, -0.25) is 4.79 Å². The fourth-order valence-corrected chi connectivity index (χ4v) is 3.14. The second kappa shape index (κ2) is 8.66. The van der Waals surface area contributed by atoms with Crippen LogP contribution < -0.4 is 9.47 Å². The first-order valence-electron chi connectivity index (χ1n) is 9.13. The minimum atomic E-state index is -0.0502. The first kappa shape index (κ1) is 18.9. The maximum atomic E-state index is 12.5. The molecule has 0 N–H and O–H groups in total. The third kappa shape index (κ3) is 5.29. The van der Waals surface area contributed by atoms with Crippen LogP contribution in [0.3, 0.4) is 0 Å². The zero-order chi connectivity index (χ0) is 19.2. The van der Waals surface area contributed by atoms with Crippen molar-refractivity contribution < 1.29 is 14.3 Å². The average Bonchev–Trinajstić information content (AvgIpc) is 2.66. The first-order chi connectivity index (χ1) is 13.0. The van der Waals surface area contributed by atoms with Crippen LogP contribution in [-0.4, -0.2) is 47.1 Å². The van der Waals surface area contributed by atoms with Gasteiger partial charge in [0.15, 0.2) is 0 Å². The summed E-state index contributed by atoms with van der Waals surface area (Å²) >= 11 is 0. The molecule has 142 valence electrons. The number of methoxy groups -OCH3 is 1. The van der Waals surface area contributed by atoms with Crippen LogP contribution in [0.1, 0.15) is 29.9 Å². The monoisotopic (exact) mass is 367 g/mol. The molecule has 1 aromatic carbocycles. The van der Waals surface area contributed by atoms with Crippen molar-refractivity contribution in [3.63, 3.8) is 0 Å². The lowest BCUT2D eigenvalue weighted by Crippen LogP contribution is -2.43. The Morgan fingerprint density at radius 3 is 2.70 bits per heavy atom. The van der Waals surface area contributed by atoms with E-state index in [-0.39, 0.29) is 12.0 Å². The molecule has 0 aliphatic carbocycles. The van der Waals surface area contributed by atoms with E-state index in [1.807, 2.05) is 55.2 Å². The number of carbonyl (C=O) groups is 1. The van der Waals surface area contributed by atoms with Crippen LogP contribution in [0, 0.1) is 13.8 Å². The van der Waals surface area contributed by atoms with Crippen molar-refractivity contribution in [1.29, 1.82) is 0 Å². The van der Waals surface area contributed by atoms with Crippen molar-refractivity contribution in [1.82, 2.24) is 14.9 Å². The summed E-state index contributed by atoms with van der Waals surface area (Å²) in [5, 5.41) is 0. The second-order valence-corrected chi connectivity index (χ2v) is 6.67. The predicted octanol–water partition coefficient (Wildman–Crippen LogP) is 3.19. The number of rotatable bonds is 5. The summed E-state index contributed by atoms with van der Waals surface area (Å²) in [6, 6.07) is 9.42. The standard InChI is InChI=1S/C21H25N3O3/c1-15-13-20(23-16(2)22-15)27-19-5-4-12-24(14-19)21(25)11-8-17-6-9-18(26-3)10-7-17/h6-11,13,19H,4-5,12,14H2,1-3H3/b11-8+/t19-/m0/s1. The Bertz CT molecular complexity index is 798. The van der Waals surface area contributed by atoms with Gasteiger partial charge < -0.3 is 14.4 Å². The largest absolute Gasteiger partial charge is 0.497 e. The van der Waals surface area contributed by atoms with E-state index >= 15 is 0 Å². The van der Waals surface area contributed by atoms with Crippen LogP contribution >= 0.6 is 0 Å². The fourth-order valence-electron chi connectivity index (χ4n) is 3.14. The van der Waals surface area contributed by atoms with E-state index in [1.165, 1.54) is 0 Å². The highest BCUT2D eigenvalue weighted by Gasteiger charge is 2.24. The summed E-state index contributed by atoms with van der Waals surface area (Å²) in [5.41, 5.74) is 1.84. The number of hydrogen-bond acceptors (Lipinski definition) is 5. The molecule has 6 heteroatoms. The van der Waals surface area contributed by atoms with Crippen LogP contribution in [0.25, 0.3) is 6.08 Å². The number of carbonyl (C=O) groups excluding carboxylic acids is 1. The Morgan fingerprint density at radius 1 is 1.22 bits per heavy atom. The molecule has 0 spiro atoms. The van der Waals surface area contributed by atoms with Crippen LogP contribution in [0.5, 0.6) is 11.6 Å². The van der Waals surface area contributed by atoms with E-state index in [2.05, 4.69) is 9.97 Å². The number of hydrogen-bond donors (Lipinski definition) is 0. The summed E-state index contributed by atoms with van der Waals surface area (Å²) in [5.74, 6) is 2.06. The Kier molecular flexibility index (Phi) is 6.06. The highest BCUT2D eigenvalue weighted by Crippen LogP contribution is 2.18. The van der Waals surface area contributed by atoms with Crippen LogP contribution in [0.4, 0.5) is 0 Å². The van der Waals surface area contributed by atoms with E-state index < -0.39 is 0 Å². The van der Waals surface area contributed by atoms with Gasteiger partial charge in [0.05, 0.1) is 13.7 Å². The van der Waals surface area contributed by atoms with Gasteiger partial charge in [0.25, 0.3) is 0 Å². The van der Waals surface area contributed by atoms with Crippen LogP contribution in [-0.2, 0) is 4.79 Å². The summed E-state index contributed by atoms with van der Waals surface area (Å²) in [7, 11) is 1.63. The van der Waals surface area contributed by atoms with Gasteiger partial charge in [0, 0.05) is 24.4 Å². The maximum absolute atomic E-state index is 12.5. The second-order valence-electron chi connectivity index (χ2n) is 6.67. The molecule has 1 amide bonds. The Hall–Kier alpha value is -2.89. The van der Waals surface area contributed by atoms with Crippen molar-refractivity contribution >= 4 is 12.0 Å². The highest BCUT2D eigenvalue weighted by atomic mass is 16.5. The van der Waals surface area contributed by atoms with Crippen molar-refractivity contribution in [2.24, 2.45) is 0 Å². The normalized spacial score (nSPS) is 17.1. The van der Waals surface area contributed by atoms with Crippen molar-refractivity contribution in [3.8, 4) is 11.6 Å². The lowest BCUT2D eigenvalue weighted by molar-refractivity contribution is -0.128. The van der Waals surface area contributed by atoms with Gasteiger partial charge in [-0.15, -0.1) is 0 Å². The number of ether oxygens (including phenoxy) is 2. The first-order valence-corrected chi connectivity index (χ1v) is 9.13. The van der Waals surface area contributed by atoms with Crippen molar-refractivity contribution in [2.75, 3.05) is 20.2 Å². The molecule has 0 unspecified atom stereocenters. The summed E-state index contributed by atoms with van der Waals surface area (Å²) in [4.78, 5) is 23.0. The number of aromatic nitrogens is 2. The molecule has 1 atom stereocenters. The van der Waals surface area contributed by atoms with Gasteiger partial charge in [0.1, 0.15) is 17.7 Å². The molecule has 0 bridgehead atoms. The molecule has 1 aliphatic heterocycles. The van der Waals surface area contributed by atoms with E-state index in [0.717, 1.165) is 36.4 Å². The summed E-state index contributed by atoms with van der Waals surface area (Å²) in [6.45, 7) is 5.07. The third-order valence-electron chi connectivity index (χ3n) is 4.45. The Balaban J connectivity index is 1.59. The molecule has 0 saturated carbocycles. The molecule has 3 rings (SSSR count). The number of piperidine rings is 1. The van der Waals surface area contributed by atoms with E-state index in [0.29, 0.717) is 18.2 Å². The number of aryl methyl sites for hydroxylation is 2. The fraction of sp³-hybridized carbons (Fsp3) is 0.381. The quantitative estimate of drug-likeness (QED) is 0.760. The predicted molar refractivity (Wildman–Crippen MR) is 104 cm³/mol. The molecule has 0 radical (unpaired) electrons. The van der Waals surface area contributed by atoms with Gasteiger partial charge in [-0.05, 0) is 50.5 Å². The Labute approximate surface area is 159 Å². The molecule has 27 heavy (non-hydrogen) atoms. The van der Waals surface area contributed by atoms with Gasteiger partial charge in [-0.2, -0.15) is 4.98 Å². The smallest absolute Gasteiger partial charge is 0.246 e. The van der Waals surface area contributed by atoms with Crippen molar-refractivity contribution in [3.05, 3.63) is 53.5 Å². The number of likely N-dealkylation sites (tertiary alicyclic amines) is 1. The number of nitrogens with zero attached hydrogens (tertiary/aromatic N) is 3. The zero-order valence-corrected chi connectivity index (χ0v) is 16.0. The maximum Gasteiger partial charge on any atom is 0.246 e.